The van der Waals surface area contributed by atoms with Crippen molar-refractivity contribution in [3.8, 4) is 0 Å². The summed E-state index contributed by atoms with van der Waals surface area (Å²) in [5.41, 5.74) is 1.40. The van der Waals surface area contributed by atoms with Crippen molar-refractivity contribution in [3.63, 3.8) is 0 Å². The number of benzene rings is 1. The molecule has 0 spiro atoms. The Morgan fingerprint density at radius 1 is 1.39 bits per heavy atom. The van der Waals surface area contributed by atoms with Gasteiger partial charge >= 0.3 is 12.0 Å². The van der Waals surface area contributed by atoms with Crippen molar-refractivity contribution < 1.29 is 19.4 Å². The molecule has 0 aromatic heterocycles. The zero-order valence-corrected chi connectivity index (χ0v) is 10.3. The van der Waals surface area contributed by atoms with E-state index in [2.05, 4.69) is 10.6 Å². The summed E-state index contributed by atoms with van der Waals surface area (Å²) in [6.45, 7) is 2.60. The maximum atomic E-state index is 11.5. The Hall–Kier alpha value is -2.08. The van der Waals surface area contributed by atoms with E-state index in [1.54, 1.807) is 20.1 Å². The molecule has 1 rings (SSSR count). The molecule has 0 aliphatic heterocycles. The summed E-state index contributed by atoms with van der Waals surface area (Å²) in [5, 5.41) is 14.0. The van der Waals surface area contributed by atoms with Crippen molar-refractivity contribution >= 4 is 17.7 Å². The van der Waals surface area contributed by atoms with Crippen molar-refractivity contribution in [1.29, 1.82) is 0 Å². The minimum Gasteiger partial charge on any atom is -0.478 e. The van der Waals surface area contributed by atoms with Gasteiger partial charge in [0.1, 0.15) is 0 Å². The highest BCUT2D eigenvalue weighted by molar-refractivity contribution is 5.93. The molecule has 0 atom stereocenters. The maximum Gasteiger partial charge on any atom is 0.335 e. The molecule has 0 unspecified atom stereocenters. The zero-order chi connectivity index (χ0) is 13.5. The minimum absolute atomic E-state index is 0.132. The first-order valence-electron chi connectivity index (χ1n) is 5.42. The van der Waals surface area contributed by atoms with E-state index in [1.807, 2.05) is 0 Å². The monoisotopic (exact) mass is 252 g/mol. The van der Waals surface area contributed by atoms with Crippen LogP contribution in [-0.4, -0.2) is 37.4 Å². The molecule has 6 heteroatoms. The summed E-state index contributed by atoms with van der Waals surface area (Å²) in [5.74, 6) is -1.03. The van der Waals surface area contributed by atoms with E-state index in [1.165, 1.54) is 12.1 Å². The highest BCUT2D eigenvalue weighted by atomic mass is 16.5. The molecule has 0 aliphatic carbocycles. The SMILES string of the molecule is COCCNC(=O)Nc1cc(C(=O)O)ccc1C. The van der Waals surface area contributed by atoms with Crippen LogP contribution in [0.3, 0.4) is 0 Å². The Morgan fingerprint density at radius 3 is 2.72 bits per heavy atom. The van der Waals surface area contributed by atoms with Gasteiger partial charge in [-0.1, -0.05) is 6.07 Å². The second-order valence-electron chi connectivity index (χ2n) is 3.71. The number of hydrogen-bond donors (Lipinski definition) is 3. The number of rotatable bonds is 5. The van der Waals surface area contributed by atoms with E-state index >= 15 is 0 Å². The predicted molar refractivity (Wildman–Crippen MR) is 67.0 cm³/mol. The molecule has 18 heavy (non-hydrogen) atoms. The summed E-state index contributed by atoms with van der Waals surface area (Å²) < 4.78 is 4.80. The Kier molecular flexibility index (Phi) is 5.13. The number of carboxylic acid groups (broad SMARTS) is 1. The highest BCUT2D eigenvalue weighted by Crippen LogP contribution is 2.16. The van der Waals surface area contributed by atoms with Gasteiger partial charge in [-0.3, -0.25) is 0 Å². The topological polar surface area (TPSA) is 87.7 Å². The number of aryl methyl sites for hydroxylation is 1. The molecule has 0 saturated heterocycles. The van der Waals surface area contributed by atoms with Crippen LogP contribution in [0.25, 0.3) is 0 Å². The molecule has 6 nitrogen and oxygen atoms in total. The van der Waals surface area contributed by atoms with Crippen molar-refractivity contribution in [2.24, 2.45) is 0 Å². The number of urea groups is 1. The Bertz CT molecular complexity index is 446. The van der Waals surface area contributed by atoms with Gasteiger partial charge in [0.2, 0.25) is 0 Å². The molecule has 1 aromatic rings. The Morgan fingerprint density at radius 2 is 2.11 bits per heavy atom. The molecule has 1 aromatic carbocycles. The minimum atomic E-state index is -1.03. The molecular weight excluding hydrogens is 236 g/mol. The van der Waals surface area contributed by atoms with E-state index in [0.717, 1.165) is 5.56 Å². The largest absolute Gasteiger partial charge is 0.478 e. The van der Waals surface area contributed by atoms with Crippen molar-refractivity contribution in [1.82, 2.24) is 5.32 Å². The van der Waals surface area contributed by atoms with Gasteiger partial charge in [0.05, 0.1) is 12.2 Å². The van der Waals surface area contributed by atoms with Gasteiger partial charge < -0.3 is 20.5 Å². The summed E-state index contributed by atoms with van der Waals surface area (Å²) in [6, 6.07) is 4.17. The van der Waals surface area contributed by atoms with Gasteiger partial charge in [-0.2, -0.15) is 0 Å². The van der Waals surface area contributed by atoms with Crippen LogP contribution in [0.5, 0.6) is 0 Å². The number of aromatic carboxylic acids is 1. The average molecular weight is 252 g/mol. The van der Waals surface area contributed by atoms with Crippen LogP contribution in [-0.2, 0) is 4.74 Å². The number of anilines is 1. The molecule has 0 aliphatic rings. The summed E-state index contributed by atoms with van der Waals surface area (Å²) in [6.07, 6.45) is 0. The summed E-state index contributed by atoms with van der Waals surface area (Å²) in [4.78, 5) is 22.3. The fourth-order valence-electron chi connectivity index (χ4n) is 1.32. The van der Waals surface area contributed by atoms with Crippen molar-refractivity contribution in [2.45, 2.75) is 6.92 Å². The van der Waals surface area contributed by atoms with Crippen LogP contribution in [0, 0.1) is 6.92 Å². The lowest BCUT2D eigenvalue weighted by Gasteiger charge is -2.10. The van der Waals surface area contributed by atoms with Crippen LogP contribution in [0.2, 0.25) is 0 Å². The van der Waals surface area contributed by atoms with E-state index in [0.29, 0.717) is 18.8 Å². The molecule has 98 valence electrons. The second-order valence-corrected chi connectivity index (χ2v) is 3.71. The third-order valence-corrected chi connectivity index (χ3v) is 2.32. The molecule has 0 fully saturated rings. The van der Waals surface area contributed by atoms with E-state index < -0.39 is 12.0 Å². The zero-order valence-electron chi connectivity index (χ0n) is 10.3. The lowest BCUT2D eigenvalue weighted by Crippen LogP contribution is -2.31. The number of amides is 2. The fourth-order valence-corrected chi connectivity index (χ4v) is 1.32. The highest BCUT2D eigenvalue weighted by Gasteiger charge is 2.08. The number of hydrogen-bond acceptors (Lipinski definition) is 3. The van der Waals surface area contributed by atoms with Crippen molar-refractivity contribution in [2.75, 3.05) is 25.6 Å². The molecule has 0 heterocycles. The summed E-state index contributed by atoms with van der Waals surface area (Å²) >= 11 is 0. The van der Waals surface area contributed by atoms with Gasteiger partial charge in [-0.05, 0) is 24.6 Å². The Labute approximate surface area is 105 Å². The predicted octanol–water partition coefficient (Wildman–Crippen LogP) is 1.46. The molecule has 0 bridgehead atoms. The van der Waals surface area contributed by atoms with Crippen LogP contribution in [0.1, 0.15) is 15.9 Å². The number of carbonyl (C=O) groups is 2. The smallest absolute Gasteiger partial charge is 0.335 e. The third-order valence-electron chi connectivity index (χ3n) is 2.32. The van der Waals surface area contributed by atoms with E-state index in [-0.39, 0.29) is 5.56 Å². The van der Waals surface area contributed by atoms with Gasteiger partial charge in [0.25, 0.3) is 0 Å². The van der Waals surface area contributed by atoms with Crippen molar-refractivity contribution in [3.05, 3.63) is 29.3 Å². The molecule has 0 radical (unpaired) electrons. The van der Waals surface area contributed by atoms with Crippen LogP contribution in [0.15, 0.2) is 18.2 Å². The van der Waals surface area contributed by atoms with Crippen LogP contribution < -0.4 is 10.6 Å². The van der Waals surface area contributed by atoms with Gasteiger partial charge in [-0.25, -0.2) is 9.59 Å². The quantitative estimate of drug-likeness (QED) is 0.692. The number of ether oxygens (including phenoxy) is 1. The number of nitrogens with one attached hydrogen (secondary N) is 2. The van der Waals surface area contributed by atoms with Gasteiger partial charge in [-0.15, -0.1) is 0 Å². The van der Waals surface area contributed by atoms with E-state index in [4.69, 9.17) is 9.84 Å². The second kappa shape index (κ2) is 6.61. The molecule has 0 saturated carbocycles. The molecule has 3 N–H and O–H groups in total. The maximum absolute atomic E-state index is 11.5. The first kappa shape index (κ1) is 14.0. The summed E-state index contributed by atoms with van der Waals surface area (Å²) in [7, 11) is 1.54. The lowest BCUT2D eigenvalue weighted by molar-refractivity contribution is 0.0697. The average Bonchev–Trinajstić information content (AvgIpc) is 2.32. The van der Waals surface area contributed by atoms with Crippen LogP contribution >= 0.6 is 0 Å². The Balaban J connectivity index is 2.68. The fraction of sp³-hybridized carbons (Fsp3) is 0.333. The number of methoxy groups -OCH3 is 1. The lowest BCUT2D eigenvalue weighted by atomic mass is 10.1. The number of carbonyl (C=O) groups excluding carboxylic acids is 1. The molecular formula is C12H16N2O4. The first-order valence-corrected chi connectivity index (χ1v) is 5.42. The van der Waals surface area contributed by atoms with Crippen LogP contribution in [0.4, 0.5) is 10.5 Å². The number of carboxylic acids is 1. The van der Waals surface area contributed by atoms with Gasteiger partial charge in [0, 0.05) is 19.3 Å². The van der Waals surface area contributed by atoms with Gasteiger partial charge in [0.15, 0.2) is 0 Å². The third kappa shape index (κ3) is 4.06. The van der Waals surface area contributed by atoms with E-state index in [9.17, 15) is 9.59 Å². The first-order chi connectivity index (χ1) is 8.54. The standard InChI is InChI=1S/C12H16N2O4/c1-8-3-4-9(11(15)16)7-10(8)14-12(17)13-5-6-18-2/h3-4,7H,5-6H2,1-2H3,(H,15,16)(H2,13,14,17). The normalized spacial score (nSPS) is 9.89. The molecule has 2 amide bonds.